The number of Topliss-reactive ketones (excluding diaryl/α,β-unsaturated/α-hetero) is 2. The Bertz CT molecular complexity index is 1890. The molecule has 0 aromatic heterocycles. The number of hydrogen-bond acceptors (Lipinski definition) is 16. The van der Waals surface area contributed by atoms with Crippen LogP contribution in [0.2, 0.25) is 0 Å². The predicted molar refractivity (Wildman–Crippen MR) is 281 cm³/mol. The average molecular weight is 1580 g/mol. The van der Waals surface area contributed by atoms with E-state index in [4.69, 9.17) is 0 Å². The predicted octanol–water partition coefficient (Wildman–Crippen LogP) is 0.878. The molecule has 0 saturated carbocycles. The summed E-state index contributed by atoms with van der Waals surface area (Å²) in [6.45, 7) is -5.08. The molecule has 0 radical (unpaired) electrons. The number of halogens is 6. The van der Waals surface area contributed by atoms with Crippen molar-refractivity contribution in [1.29, 1.82) is 0 Å². The molecule has 2 aromatic rings. The minimum absolute atomic E-state index is 0.0000700. The van der Waals surface area contributed by atoms with Crippen LogP contribution in [0.25, 0.3) is 0 Å². The third kappa shape index (κ3) is 16.4. The molecule has 0 aliphatic heterocycles. The summed E-state index contributed by atoms with van der Waals surface area (Å²) in [6, 6.07) is 0. The summed E-state index contributed by atoms with van der Waals surface area (Å²) in [5.41, 5.74) is -0.454. The van der Waals surface area contributed by atoms with Gasteiger partial charge in [0.1, 0.15) is 13.2 Å². The summed E-state index contributed by atoms with van der Waals surface area (Å²) in [4.78, 5) is 83.4. The number of carbonyl (C=O) groups excluding carboxylic acids is 6. The van der Waals surface area contributed by atoms with Crippen molar-refractivity contribution in [3.63, 3.8) is 0 Å². The van der Waals surface area contributed by atoms with Crippen molar-refractivity contribution in [3.05, 3.63) is 43.7 Å². The molecule has 2 rings (SSSR count). The van der Waals surface area contributed by atoms with Crippen molar-refractivity contribution in [1.82, 2.24) is 9.80 Å². The van der Waals surface area contributed by atoms with Crippen LogP contribution in [0.4, 0.5) is 11.4 Å². The van der Waals surface area contributed by atoms with Gasteiger partial charge in [-0.25, -0.2) is 0 Å². The van der Waals surface area contributed by atoms with E-state index in [-0.39, 0.29) is 80.7 Å². The summed E-state index contributed by atoms with van der Waals surface area (Å²) in [5, 5.41) is 106. The Balaban J connectivity index is 2.80. The number of nitrogens with one attached hydrogen (secondary N) is 2. The molecule has 0 saturated heterocycles. The second-order valence-corrected chi connectivity index (χ2v) is 20.6. The van der Waals surface area contributed by atoms with Gasteiger partial charge in [-0.3, -0.25) is 28.8 Å². The number of aliphatic hydroxyl groups is 10. The average Bonchev–Trinajstić information content (AvgIpc) is 3.26. The third-order valence-electron chi connectivity index (χ3n) is 9.25. The smallest absolute Gasteiger partial charge is 0.256 e. The van der Waals surface area contributed by atoms with E-state index in [1.807, 2.05) is 22.6 Å². The Hall–Kier alpha value is -0.360. The molecule has 64 heavy (non-hydrogen) atoms. The van der Waals surface area contributed by atoms with Gasteiger partial charge in [0.2, 0.25) is 11.8 Å². The molecule has 4 amide bonds. The normalized spacial score (nSPS) is 13.7. The molecule has 0 bridgehead atoms. The van der Waals surface area contributed by atoms with E-state index in [9.17, 15) is 79.8 Å². The number of aliphatic hydroxyl groups excluding tert-OH is 10. The highest BCUT2D eigenvalue weighted by atomic mass is 127. The van der Waals surface area contributed by atoms with Gasteiger partial charge in [0.15, 0.2) is 11.6 Å². The van der Waals surface area contributed by atoms with Crippen LogP contribution in [0.15, 0.2) is 0 Å². The summed E-state index contributed by atoms with van der Waals surface area (Å²) in [7, 11) is 0. The fourth-order valence-electron chi connectivity index (χ4n) is 5.90. The van der Waals surface area contributed by atoms with Crippen LogP contribution in [0.1, 0.15) is 80.5 Å². The maximum atomic E-state index is 14.7. The lowest BCUT2D eigenvalue weighted by molar-refractivity contribution is -0.119. The number of ketones is 2. The van der Waals surface area contributed by atoms with E-state index >= 15 is 0 Å². The van der Waals surface area contributed by atoms with Crippen LogP contribution >= 0.6 is 136 Å². The maximum absolute atomic E-state index is 14.7. The number of benzene rings is 2. The molecule has 0 spiro atoms. The summed E-state index contributed by atoms with van der Waals surface area (Å²) < 4.78 is 0.752. The van der Waals surface area contributed by atoms with Crippen LogP contribution in [0, 0.1) is 21.4 Å². The van der Waals surface area contributed by atoms with Gasteiger partial charge in [-0.05, 0) is 155 Å². The van der Waals surface area contributed by atoms with Gasteiger partial charge in [0.25, 0.3) is 11.8 Å². The van der Waals surface area contributed by atoms with Crippen LogP contribution in [-0.4, -0.2) is 186 Å². The van der Waals surface area contributed by atoms with Crippen molar-refractivity contribution < 1.29 is 79.8 Å². The zero-order valence-corrected chi connectivity index (χ0v) is 46.8. The van der Waals surface area contributed by atoms with E-state index in [1.165, 1.54) is 0 Å². The topological polar surface area (TPSA) is 335 Å². The zero-order valence-electron chi connectivity index (χ0n) is 33.9. The molecule has 2 aromatic carbocycles. The largest absolute Gasteiger partial charge is 0.394 e. The lowest BCUT2D eigenvalue weighted by Crippen LogP contribution is -2.49. The molecule has 0 fully saturated rings. The van der Waals surface area contributed by atoms with Gasteiger partial charge >= 0.3 is 0 Å². The van der Waals surface area contributed by atoms with E-state index in [2.05, 4.69) is 10.6 Å². The minimum atomic E-state index is -1.72. The molecular weight excluding hydrogens is 1530 g/mol. The van der Waals surface area contributed by atoms with E-state index in [1.54, 1.807) is 120 Å². The molecule has 5 unspecified atom stereocenters. The van der Waals surface area contributed by atoms with Crippen molar-refractivity contribution >= 4 is 182 Å². The Kier molecular flexibility index (Phi) is 27.1. The highest BCUT2D eigenvalue weighted by Crippen LogP contribution is 2.39. The number of amides is 4. The maximum Gasteiger partial charge on any atom is 0.256 e. The third-order valence-corrected chi connectivity index (χ3v) is 15.7. The Morgan fingerprint density at radius 3 is 1.09 bits per heavy atom. The van der Waals surface area contributed by atoms with Crippen LogP contribution in [0.3, 0.4) is 0 Å². The van der Waals surface area contributed by atoms with Crippen molar-refractivity contribution in [2.24, 2.45) is 0 Å². The lowest BCUT2D eigenvalue weighted by Gasteiger charge is -2.32. The number of hydrogen-bond donors (Lipinski definition) is 12. The van der Waals surface area contributed by atoms with Crippen LogP contribution in [-0.2, 0) is 9.59 Å². The van der Waals surface area contributed by atoms with Crippen molar-refractivity contribution in [2.45, 2.75) is 69.5 Å². The Labute approximate surface area is 449 Å². The number of anilines is 2. The SMILES string of the molecule is CCC(O)CCC(=O)c1c(I)c(NC(=O)CO)c(I)c(C(=O)N(CC(O)CO)CC(O)CN(CC(O)CO)C(=O)c2c(I)c(NC(=O)CO)c(I)c(C(=O)CCC(O)CO)c2I)c1I. The number of carbonyl (C=O) groups is 6. The monoisotopic (exact) mass is 1580 g/mol. The van der Waals surface area contributed by atoms with Gasteiger partial charge in [0, 0.05) is 64.4 Å². The molecule has 12 N–H and O–H groups in total. The summed E-state index contributed by atoms with van der Waals surface area (Å²) in [5.74, 6) is -4.69. The second-order valence-electron chi connectivity index (χ2n) is 14.1. The first kappa shape index (κ1) is 59.8. The summed E-state index contributed by atoms with van der Waals surface area (Å²) >= 11 is 10.6. The fourth-order valence-corrected chi connectivity index (χ4v) is 14.9. The van der Waals surface area contributed by atoms with Gasteiger partial charge in [-0.15, -0.1) is 0 Å². The van der Waals surface area contributed by atoms with E-state index in [0.29, 0.717) is 6.42 Å². The minimum Gasteiger partial charge on any atom is -0.394 e. The Morgan fingerprint density at radius 1 is 0.469 bits per heavy atom. The molecular formula is C38H48I6N4O16. The van der Waals surface area contributed by atoms with Gasteiger partial charge < -0.3 is 71.5 Å². The van der Waals surface area contributed by atoms with Crippen molar-refractivity contribution in [3.8, 4) is 0 Å². The first-order chi connectivity index (χ1) is 30.0. The van der Waals surface area contributed by atoms with Crippen LogP contribution in [0.5, 0.6) is 0 Å². The molecule has 20 nitrogen and oxygen atoms in total. The van der Waals surface area contributed by atoms with Gasteiger partial charge in [-0.2, -0.15) is 0 Å². The van der Waals surface area contributed by atoms with Gasteiger partial charge in [0.05, 0.1) is 80.0 Å². The number of rotatable bonds is 26. The molecule has 5 atom stereocenters. The molecule has 358 valence electrons. The fraction of sp³-hybridized carbons (Fsp3) is 0.526. The molecule has 0 heterocycles. The molecule has 0 aliphatic rings. The van der Waals surface area contributed by atoms with E-state index in [0.717, 1.165) is 9.80 Å². The quantitative estimate of drug-likeness (QED) is 0.0460. The zero-order chi connectivity index (χ0) is 48.7. The first-order valence-corrected chi connectivity index (χ1v) is 25.6. The number of nitrogens with zero attached hydrogens (tertiary/aromatic N) is 2. The lowest BCUT2D eigenvalue weighted by atomic mass is 9.99. The standard InChI is InChI=1S/C38H48I6N4O16/c1-2-16(54)3-5-21(59)25-29(39)27(33(43)35(31(25)41)45-23(61)14-52)37(63)47(9-19(57)12-50)7-18(56)8-48(10-20(58)13-51)38(64)28-30(40)26(22(60)6-4-17(55)11-49)32(42)36(34(28)44)46-24(62)15-53/h16-20,49-58H,2-15H2,1H3,(H,45,61)(H,46,62). The molecule has 26 heteroatoms. The highest BCUT2D eigenvalue weighted by Gasteiger charge is 2.35. The van der Waals surface area contributed by atoms with Crippen molar-refractivity contribution in [2.75, 3.05) is 69.8 Å². The second kappa shape index (κ2) is 29.0. The summed E-state index contributed by atoms with van der Waals surface area (Å²) in [6.07, 6.45) is -7.06. The Morgan fingerprint density at radius 2 is 0.781 bits per heavy atom. The molecule has 0 aliphatic carbocycles. The van der Waals surface area contributed by atoms with E-state index < -0.39 is 125 Å². The highest BCUT2D eigenvalue weighted by molar-refractivity contribution is 14.1. The van der Waals surface area contributed by atoms with Crippen LogP contribution < -0.4 is 10.6 Å². The first-order valence-electron chi connectivity index (χ1n) is 19.1. The van der Waals surface area contributed by atoms with Gasteiger partial charge in [-0.1, -0.05) is 6.92 Å².